The molecule has 5 heterocycles. The van der Waals surface area contributed by atoms with Gasteiger partial charge in [-0.15, -0.1) is 11.3 Å². The van der Waals surface area contributed by atoms with Crippen LogP contribution in [0.25, 0.3) is 21.2 Å². The number of thiophene rings is 1. The van der Waals surface area contributed by atoms with Crippen LogP contribution in [0.1, 0.15) is 33.3 Å². The van der Waals surface area contributed by atoms with Crippen LogP contribution in [0.3, 0.4) is 0 Å². The maximum atomic E-state index is 12.9. The first-order valence-electron chi connectivity index (χ1n) is 9.97. The minimum absolute atomic E-state index is 0.0374. The Morgan fingerprint density at radius 2 is 2.00 bits per heavy atom. The van der Waals surface area contributed by atoms with E-state index in [1.54, 1.807) is 17.4 Å². The number of fused-ring (bicyclic) bond motifs is 7. The first-order valence-corrected chi connectivity index (χ1v) is 10.8. The number of aromatic nitrogens is 1. The average molecular weight is 391 g/mol. The topological polar surface area (TPSA) is 63.1 Å². The molecule has 3 aliphatic rings. The van der Waals surface area contributed by atoms with Gasteiger partial charge in [0.15, 0.2) is 0 Å². The van der Waals surface area contributed by atoms with Gasteiger partial charge >= 0.3 is 0 Å². The minimum atomic E-state index is 0.0374. The van der Waals surface area contributed by atoms with E-state index in [0.29, 0.717) is 18.4 Å². The van der Waals surface area contributed by atoms with Gasteiger partial charge in [0, 0.05) is 42.0 Å². The van der Waals surface area contributed by atoms with Crippen LogP contribution < -0.4 is 16.2 Å². The molecule has 0 spiro atoms. The second-order valence-electron chi connectivity index (χ2n) is 8.20. The number of carbonyl (C=O) groups excluding carboxylic acids is 1. The van der Waals surface area contributed by atoms with Crippen molar-refractivity contribution in [1.29, 1.82) is 0 Å². The molecule has 28 heavy (non-hydrogen) atoms. The normalized spacial score (nSPS) is 23.2. The Balaban J connectivity index is 1.50. The molecule has 6 rings (SSSR count). The van der Waals surface area contributed by atoms with E-state index in [0.717, 1.165) is 63.4 Å². The van der Waals surface area contributed by atoms with Gasteiger partial charge in [0.25, 0.3) is 11.5 Å². The fraction of sp³-hybridized carbons (Fsp3) is 0.364. The second kappa shape index (κ2) is 6.03. The Kier molecular flexibility index (Phi) is 3.55. The lowest BCUT2D eigenvalue weighted by atomic mass is 9.83. The van der Waals surface area contributed by atoms with Gasteiger partial charge in [-0.3, -0.25) is 9.59 Å². The van der Waals surface area contributed by atoms with Crippen LogP contribution in [0.15, 0.2) is 35.1 Å². The molecule has 2 atom stereocenters. The van der Waals surface area contributed by atoms with Gasteiger partial charge in [0.2, 0.25) is 0 Å². The molecule has 0 saturated carbocycles. The zero-order valence-electron chi connectivity index (χ0n) is 15.5. The predicted octanol–water partition coefficient (Wildman–Crippen LogP) is 2.72. The number of hydrogen-bond donors (Lipinski definition) is 2. The summed E-state index contributed by atoms with van der Waals surface area (Å²) in [5.41, 5.74) is 4.47. The second-order valence-corrected chi connectivity index (χ2v) is 9.25. The number of piperidine rings is 1. The average Bonchev–Trinajstić information content (AvgIpc) is 3.08. The van der Waals surface area contributed by atoms with Crippen LogP contribution in [0, 0.1) is 5.92 Å². The maximum absolute atomic E-state index is 12.9. The van der Waals surface area contributed by atoms with Crippen LogP contribution in [0.5, 0.6) is 0 Å². The third-order valence-corrected chi connectivity index (χ3v) is 7.66. The largest absolute Gasteiger partial charge is 0.351 e. The molecule has 0 radical (unpaired) electrons. The quantitative estimate of drug-likeness (QED) is 0.671. The van der Waals surface area contributed by atoms with E-state index in [-0.39, 0.29) is 11.5 Å². The summed E-state index contributed by atoms with van der Waals surface area (Å²) >= 11 is 1.56. The number of amides is 1. The summed E-state index contributed by atoms with van der Waals surface area (Å²) in [7, 11) is 0. The summed E-state index contributed by atoms with van der Waals surface area (Å²) in [5, 5.41) is 7.60. The van der Waals surface area contributed by atoms with Crippen LogP contribution in [0.2, 0.25) is 0 Å². The maximum Gasteiger partial charge on any atom is 0.261 e. The molecule has 6 heteroatoms. The third-order valence-electron chi connectivity index (χ3n) is 6.45. The fourth-order valence-corrected chi connectivity index (χ4v) is 6.26. The zero-order valence-corrected chi connectivity index (χ0v) is 16.3. The molecular weight excluding hydrogens is 370 g/mol. The Morgan fingerprint density at radius 1 is 1.07 bits per heavy atom. The molecule has 2 bridgehead atoms. The first kappa shape index (κ1) is 16.5. The number of nitrogens with zero attached hydrogens (tertiary/aromatic N) is 1. The van der Waals surface area contributed by atoms with E-state index >= 15 is 0 Å². The number of nitrogens with one attached hydrogen (secondary N) is 2. The molecule has 142 valence electrons. The van der Waals surface area contributed by atoms with Crippen molar-refractivity contribution in [3.05, 3.63) is 56.8 Å². The van der Waals surface area contributed by atoms with Gasteiger partial charge < -0.3 is 15.2 Å². The van der Waals surface area contributed by atoms with Crippen LogP contribution >= 0.6 is 11.3 Å². The van der Waals surface area contributed by atoms with Gasteiger partial charge in [-0.25, -0.2) is 0 Å². The van der Waals surface area contributed by atoms with Gasteiger partial charge in [0.1, 0.15) is 0 Å². The Hall–Kier alpha value is -2.44. The minimum Gasteiger partial charge on any atom is -0.351 e. The predicted molar refractivity (Wildman–Crippen MR) is 111 cm³/mol. The smallest absolute Gasteiger partial charge is 0.261 e. The van der Waals surface area contributed by atoms with Gasteiger partial charge in [-0.1, -0.05) is 6.07 Å². The van der Waals surface area contributed by atoms with E-state index in [9.17, 15) is 9.59 Å². The number of pyridine rings is 1. The highest BCUT2D eigenvalue weighted by atomic mass is 32.1. The number of carbonyl (C=O) groups is 1. The number of rotatable bonds is 1. The Morgan fingerprint density at radius 3 is 2.93 bits per heavy atom. The summed E-state index contributed by atoms with van der Waals surface area (Å²) in [6, 6.07) is 10.3. The molecule has 5 nitrogen and oxygen atoms in total. The molecule has 0 aliphatic carbocycles. The van der Waals surface area contributed by atoms with Crippen molar-refractivity contribution in [2.24, 2.45) is 5.92 Å². The van der Waals surface area contributed by atoms with Crippen molar-refractivity contribution < 1.29 is 4.79 Å². The van der Waals surface area contributed by atoms with E-state index in [1.807, 2.05) is 4.57 Å². The summed E-state index contributed by atoms with van der Waals surface area (Å²) < 4.78 is 3.12. The lowest BCUT2D eigenvalue weighted by molar-refractivity contribution is 0.0951. The lowest BCUT2D eigenvalue weighted by Gasteiger charge is -2.37. The molecule has 2 aromatic heterocycles. The number of benzene rings is 1. The van der Waals surface area contributed by atoms with Crippen LogP contribution in [-0.4, -0.2) is 30.1 Å². The fourth-order valence-electron chi connectivity index (χ4n) is 5.11. The van der Waals surface area contributed by atoms with E-state index in [2.05, 4.69) is 34.9 Å². The van der Waals surface area contributed by atoms with E-state index < -0.39 is 0 Å². The summed E-state index contributed by atoms with van der Waals surface area (Å²) in [4.78, 5) is 25.9. The molecule has 2 N–H and O–H groups in total. The van der Waals surface area contributed by atoms with Crippen molar-refractivity contribution in [3.63, 3.8) is 0 Å². The third kappa shape index (κ3) is 2.41. The molecule has 1 saturated heterocycles. The summed E-state index contributed by atoms with van der Waals surface area (Å²) in [6.07, 6.45) is 2.04. The highest BCUT2D eigenvalue weighted by Crippen LogP contribution is 2.37. The Labute approximate surface area is 166 Å². The molecule has 1 amide bonds. The van der Waals surface area contributed by atoms with Gasteiger partial charge in [-0.05, 0) is 65.6 Å². The van der Waals surface area contributed by atoms with Gasteiger partial charge in [-0.2, -0.15) is 0 Å². The molecular formula is C22H21N3O2S. The SMILES string of the molecule is O=C1NCCc2c1sc1ccc(-c3cc4n(c(=O)c3)C[C@@H]3CNC[C@H]4C3)cc21. The summed E-state index contributed by atoms with van der Waals surface area (Å²) in [5.74, 6) is 1.02. The first-order chi connectivity index (χ1) is 13.7. The molecule has 1 fully saturated rings. The highest BCUT2D eigenvalue weighted by Gasteiger charge is 2.31. The highest BCUT2D eigenvalue weighted by molar-refractivity contribution is 7.21. The standard InChI is InChI=1S/C22H21N3O2S/c26-20-8-14(7-18-15-5-12(9-23-10-15)11-25(18)20)13-1-2-19-17(6-13)16-3-4-24-22(27)21(16)28-19/h1-2,6-8,12,15,23H,3-5,9-11H2,(H,24,27)/t12-,15+/m0/s1. The van der Waals surface area contributed by atoms with Crippen molar-refractivity contribution in [3.8, 4) is 11.1 Å². The van der Waals surface area contributed by atoms with Crippen molar-refractivity contribution in [2.45, 2.75) is 25.3 Å². The number of hydrogen-bond acceptors (Lipinski definition) is 4. The summed E-state index contributed by atoms with van der Waals surface area (Å²) in [6.45, 7) is 3.48. The van der Waals surface area contributed by atoms with Crippen LogP contribution in [0.4, 0.5) is 0 Å². The lowest BCUT2D eigenvalue weighted by Crippen LogP contribution is -2.44. The van der Waals surface area contributed by atoms with Crippen molar-refractivity contribution in [2.75, 3.05) is 19.6 Å². The Bertz CT molecular complexity index is 1190. The van der Waals surface area contributed by atoms with Crippen molar-refractivity contribution >= 4 is 27.3 Å². The zero-order chi connectivity index (χ0) is 18.8. The van der Waals surface area contributed by atoms with Gasteiger partial charge in [0.05, 0.1) is 4.88 Å². The van der Waals surface area contributed by atoms with Crippen molar-refractivity contribution in [1.82, 2.24) is 15.2 Å². The van der Waals surface area contributed by atoms with E-state index in [4.69, 9.17) is 0 Å². The molecule has 3 aromatic rings. The van der Waals surface area contributed by atoms with E-state index in [1.165, 1.54) is 6.42 Å². The molecule has 1 aromatic carbocycles. The van der Waals surface area contributed by atoms with Crippen LogP contribution in [-0.2, 0) is 13.0 Å². The molecule has 3 aliphatic heterocycles. The molecule has 0 unspecified atom stereocenters. The monoisotopic (exact) mass is 391 g/mol.